The van der Waals surface area contributed by atoms with Crippen molar-refractivity contribution in [3.05, 3.63) is 109 Å². The average molecular weight is 368 g/mol. The molecule has 0 aliphatic carbocycles. The van der Waals surface area contributed by atoms with Crippen LogP contribution < -0.4 is 4.90 Å². The van der Waals surface area contributed by atoms with Crippen molar-refractivity contribution in [3.8, 4) is 11.1 Å². The minimum atomic E-state index is -0.200. The second-order valence-electron chi connectivity index (χ2n) is 6.53. The number of benzene rings is 2. The molecule has 2 aromatic heterocycles. The summed E-state index contributed by atoms with van der Waals surface area (Å²) < 4.78 is 5.37. The van der Waals surface area contributed by atoms with Crippen LogP contribution in [0.4, 0.5) is 5.69 Å². The highest BCUT2D eigenvalue weighted by Crippen LogP contribution is 2.30. The minimum absolute atomic E-state index is 0.186. The fourth-order valence-corrected chi connectivity index (χ4v) is 3.25. The van der Waals surface area contributed by atoms with E-state index in [9.17, 15) is 4.79 Å². The molecule has 4 nitrogen and oxygen atoms in total. The molecule has 0 fully saturated rings. The average Bonchev–Trinajstić information content (AvgIpc) is 3.30. The largest absolute Gasteiger partial charge is 0.459 e. The molecular formula is C24H20N2O2. The number of furan rings is 1. The first-order valence-corrected chi connectivity index (χ1v) is 9.16. The quantitative estimate of drug-likeness (QED) is 0.451. The summed E-state index contributed by atoms with van der Waals surface area (Å²) in [4.78, 5) is 19.1. The van der Waals surface area contributed by atoms with Gasteiger partial charge in [-0.25, -0.2) is 0 Å². The van der Waals surface area contributed by atoms with Crippen molar-refractivity contribution < 1.29 is 9.21 Å². The van der Waals surface area contributed by atoms with Crippen LogP contribution in [0.2, 0.25) is 0 Å². The third-order valence-electron chi connectivity index (χ3n) is 4.76. The highest BCUT2D eigenvalue weighted by molar-refractivity contribution is 6.04. The molecule has 138 valence electrons. The molecule has 0 unspecified atom stereocenters. The Kier molecular flexibility index (Phi) is 5.02. The van der Waals surface area contributed by atoms with Crippen LogP contribution in [-0.4, -0.2) is 10.9 Å². The molecular weight excluding hydrogens is 348 g/mol. The lowest BCUT2D eigenvalue weighted by atomic mass is 10.0. The monoisotopic (exact) mass is 368 g/mol. The summed E-state index contributed by atoms with van der Waals surface area (Å²) in [7, 11) is 0. The first-order valence-electron chi connectivity index (χ1n) is 9.16. The van der Waals surface area contributed by atoms with Gasteiger partial charge in [-0.15, -0.1) is 0 Å². The van der Waals surface area contributed by atoms with E-state index in [1.54, 1.807) is 29.4 Å². The van der Waals surface area contributed by atoms with E-state index in [1.165, 1.54) is 6.26 Å². The fourth-order valence-electron chi connectivity index (χ4n) is 3.25. The Morgan fingerprint density at radius 3 is 2.29 bits per heavy atom. The summed E-state index contributed by atoms with van der Waals surface area (Å²) in [5.74, 6) is 0.122. The minimum Gasteiger partial charge on any atom is -0.459 e. The zero-order valence-corrected chi connectivity index (χ0v) is 15.5. The lowest BCUT2D eigenvalue weighted by Crippen LogP contribution is -2.33. The SMILES string of the molecule is C[C@@H](c1cccnc1)N(C(=O)c1ccco1)c1ccc(-c2ccccc2)cc1. The van der Waals surface area contributed by atoms with Gasteiger partial charge in [0.15, 0.2) is 5.76 Å². The molecule has 0 saturated heterocycles. The Morgan fingerprint density at radius 2 is 1.64 bits per heavy atom. The molecule has 4 aromatic rings. The fraction of sp³-hybridized carbons (Fsp3) is 0.0833. The Balaban J connectivity index is 1.72. The molecule has 0 radical (unpaired) electrons. The molecule has 4 heteroatoms. The number of nitrogens with zero attached hydrogens (tertiary/aromatic N) is 2. The van der Waals surface area contributed by atoms with E-state index in [0.717, 1.165) is 22.4 Å². The second kappa shape index (κ2) is 7.92. The first-order chi connectivity index (χ1) is 13.7. The lowest BCUT2D eigenvalue weighted by Gasteiger charge is -2.29. The van der Waals surface area contributed by atoms with Gasteiger partial charge in [-0.05, 0) is 53.9 Å². The van der Waals surface area contributed by atoms with Crippen molar-refractivity contribution >= 4 is 11.6 Å². The van der Waals surface area contributed by atoms with Crippen LogP contribution in [0.3, 0.4) is 0 Å². The lowest BCUT2D eigenvalue weighted by molar-refractivity contribution is 0.0951. The van der Waals surface area contributed by atoms with Crippen molar-refractivity contribution in [3.63, 3.8) is 0 Å². The van der Waals surface area contributed by atoms with Gasteiger partial charge in [-0.3, -0.25) is 14.7 Å². The van der Waals surface area contributed by atoms with Crippen LogP contribution in [0.5, 0.6) is 0 Å². The molecule has 4 rings (SSSR count). The van der Waals surface area contributed by atoms with Gasteiger partial charge in [0, 0.05) is 18.1 Å². The van der Waals surface area contributed by atoms with Gasteiger partial charge in [0.25, 0.3) is 5.91 Å². The van der Waals surface area contributed by atoms with Crippen molar-refractivity contribution in [2.45, 2.75) is 13.0 Å². The van der Waals surface area contributed by atoms with Crippen molar-refractivity contribution in [1.82, 2.24) is 4.98 Å². The Hall–Kier alpha value is -3.66. The summed E-state index contributed by atoms with van der Waals surface area (Å²) in [5, 5.41) is 0. The number of pyridine rings is 1. The maximum atomic E-state index is 13.2. The molecule has 1 amide bonds. The molecule has 0 aliphatic rings. The van der Waals surface area contributed by atoms with Crippen LogP contribution in [0, 0.1) is 0 Å². The van der Waals surface area contributed by atoms with E-state index in [1.807, 2.05) is 61.5 Å². The van der Waals surface area contributed by atoms with Gasteiger partial charge >= 0.3 is 0 Å². The van der Waals surface area contributed by atoms with Crippen LogP contribution >= 0.6 is 0 Å². The number of anilines is 1. The zero-order valence-electron chi connectivity index (χ0n) is 15.5. The Labute approximate surface area is 164 Å². The van der Waals surface area contributed by atoms with Crippen LogP contribution in [-0.2, 0) is 0 Å². The van der Waals surface area contributed by atoms with Crippen LogP contribution in [0.1, 0.15) is 29.1 Å². The van der Waals surface area contributed by atoms with Crippen LogP contribution in [0.25, 0.3) is 11.1 Å². The molecule has 0 saturated carbocycles. The molecule has 2 heterocycles. The predicted octanol–water partition coefficient (Wildman–Crippen LogP) is 5.75. The highest BCUT2D eigenvalue weighted by Gasteiger charge is 2.26. The number of rotatable bonds is 5. The number of carbonyl (C=O) groups is 1. The Morgan fingerprint density at radius 1 is 0.893 bits per heavy atom. The molecule has 1 atom stereocenters. The standard InChI is InChI=1S/C24H20N2O2/c1-18(21-9-5-15-25-17-21)26(24(27)23-10-6-16-28-23)22-13-11-20(12-14-22)19-7-3-2-4-8-19/h2-18H,1H3/t18-/m0/s1. The second-order valence-corrected chi connectivity index (χ2v) is 6.53. The summed E-state index contributed by atoms with van der Waals surface area (Å²) in [6, 6.07) is 25.2. The van der Waals surface area contributed by atoms with E-state index < -0.39 is 0 Å². The van der Waals surface area contributed by atoms with E-state index in [4.69, 9.17) is 4.42 Å². The molecule has 0 aliphatic heterocycles. The van der Waals surface area contributed by atoms with E-state index in [2.05, 4.69) is 17.1 Å². The van der Waals surface area contributed by atoms with Crippen molar-refractivity contribution in [2.24, 2.45) is 0 Å². The van der Waals surface area contributed by atoms with E-state index in [0.29, 0.717) is 5.76 Å². The maximum absolute atomic E-state index is 13.2. The normalized spacial score (nSPS) is 11.8. The van der Waals surface area contributed by atoms with Gasteiger partial charge < -0.3 is 4.42 Å². The highest BCUT2D eigenvalue weighted by atomic mass is 16.3. The predicted molar refractivity (Wildman–Crippen MR) is 110 cm³/mol. The summed E-state index contributed by atoms with van der Waals surface area (Å²) >= 11 is 0. The van der Waals surface area contributed by atoms with Crippen molar-refractivity contribution in [2.75, 3.05) is 4.90 Å². The van der Waals surface area contributed by atoms with Gasteiger partial charge in [0.2, 0.25) is 0 Å². The molecule has 0 bridgehead atoms. The number of hydrogen-bond acceptors (Lipinski definition) is 3. The third-order valence-corrected chi connectivity index (χ3v) is 4.76. The summed E-state index contributed by atoms with van der Waals surface area (Å²) in [6.45, 7) is 1.99. The Bertz CT molecular complexity index is 1030. The number of amides is 1. The van der Waals surface area contributed by atoms with Gasteiger partial charge in [0.05, 0.1) is 12.3 Å². The summed E-state index contributed by atoms with van der Waals surface area (Å²) in [5.41, 5.74) is 3.99. The van der Waals surface area contributed by atoms with E-state index in [-0.39, 0.29) is 11.9 Å². The van der Waals surface area contributed by atoms with Gasteiger partial charge in [-0.1, -0.05) is 48.5 Å². The third kappa shape index (κ3) is 3.58. The van der Waals surface area contributed by atoms with Crippen LogP contribution in [0.15, 0.2) is 102 Å². The number of hydrogen-bond donors (Lipinski definition) is 0. The van der Waals surface area contributed by atoms with E-state index >= 15 is 0 Å². The number of carbonyl (C=O) groups excluding carboxylic acids is 1. The summed E-state index contributed by atoms with van der Waals surface area (Å²) in [6.07, 6.45) is 5.02. The molecule has 28 heavy (non-hydrogen) atoms. The molecule has 0 N–H and O–H groups in total. The first kappa shape index (κ1) is 17.7. The zero-order chi connectivity index (χ0) is 19.3. The molecule has 2 aromatic carbocycles. The number of aromatic nitrogens is 1. The smallest absolute Gasteiger partial charge is 0.294 e. The van der Waals surface area contributed by atoms with Crippen molar-refractivity contribution in [1.29, 1.82) is 0 Å². The topological polar surface area (TPSA) is 46.3 Å². The molecule has 0 spiro atoms. The maximum Gasteiger partial charge on any atom is 0.294 e. The van der Waals surface area contributed by atoms with Gasteiger partial charge in [0.1, 0.15) is 0 Å². The van der Waals surface area contributed by atoms with Gasteiger partial charge in [-0.2, -0.15) is 0 Å².